The van der Waals surface area contributed by atoms with Gasteiger partial charge in [-0.3, -0.25) is 4.99 Å². The van der Waals surface area contributed by atoms with E-state index < -0.39 is 0 Å². The lowest BCUT2D eigenvalue weighted by atomic mass is 10.2. The van der Waals surface area contributed by atoms with Crippen LogP contribution in [0.2, 0.25) is 0 Å². The number of nitriles is 1. The van der Waals surface area contributed by atoms with Crippen LogP contribution in [0.1, 0.15) is 13.8 Å². The molecule has 0 heterocycles. The molecule has 0 atom stereocenters. The van der Waals surface area contributed by atoms with E-state index in [4.69, 9.17) is 11.0 Å². The zero-order chi connectivity index (χ0) is 8.85. The topological polar surface area (TPSA) is 62.2 Å². The summed E-state index contributed by atoms with van der Waals surface area (Å²) >= 11 is 0. The summed E-state index contributed by atoms with van der Waals surface area (Å²) in [5.41, 5.74) is 7.10. The SMILES string of the molecule is C=NC(C#N)=C(C)C=C(C)N. The van der Waals surface area contributed by atoms with Gasteiger partial charge in [-0.1, -0.05) is 0 Å². The Morgan fingerprint density at radius 2 is 2.18 bits per heavy atom. The van der Waals surface area contributed by atoms with Crippen LogP contribution in [0.15, 0.2) is 28.0 Å². The molecule has 0 aromatic carbocycles. The van der Waals surface area contributed by atoms with Gasteiger partial charge in [0.25, 0.3) is 0 Å². The number of rotatable bonds is 2. The largest absolute Gasteiger partial charge is 0.402 e. The van der Waals surface area contributed by atoms with E-state index in [-0.39, 0.29) is 0 Å². The first-order chi connectivity index (χ1) is 5.11. The highest BCUT2D eigenvalue weighted by molar-refractivity contribution is 5.40. The van der Waals surface area contributed by atoms with Gasteiger partial charge < -0.3 is 5.73 Å². The first-order valence-corrected chi connectivity index (χ1v) is 3.13. The number of nitrogens with two attached hydrogens (primary N) is 1. The van der Waals surface area contributed by atoms with Gasteiger partial charge in [-0.25, -0.2) is 0 Å². The van der Waals surface area contributed by atoms with Crippen molar-refractivity contribution in [3.63, 3.8) is 0 Å². The van der Waals surface area contributed by atoms with E-state index in [1.165, 1.54) is 0 Å². The molecule has 0 radical (unpaired) electrons. The molecule has 0 amide bonds. The third kappa shape index (κ3) is 3.21. The molecule has 0 saturated carbocycles. The van der Waals surface area contributed by atoms with Crippen molar-refractivity contribution in [2.24, 2.45) is 10.7 Å². The average Bonchev–Trinajstić information content (AvgIpc) is 1.88. The van der Waals surface area contributed by atoms with E-state index >= 15 is 0 Å². The molecule has 0 bridgehead atoms. The van der Waals surface area contributed by atoms with E-state index in [0.29, 0.717) is 11.4 Å². The monoisotopic (exact) mass is 149 g/mol. The van der Waals surface area contributed by atoms with Crippen LogP contribution in [0.4, 0.5) is 0 Å². The number of aliphatic imine (C=N–C) groups is 1. The van der Waals surface area contributed by atoms with Gasteiger partial charge in [0.15, 0.2) is 0 Å². The van der Waals surface area contributed by atoms with Crippen LogP contribution in [-0.2, 0) is 0 Å². The highest BCUT2D eigenvalue weighted by Crippen LogP contribution is 2.05. The van der Waals surface area contributed by atoms with Crippen LogP contribution in [0, 0.1) is 11.3 Å². The maximum atomic E-state index is 8.50. The second kappa shape index (κ2) is 4.29. The summed E-state index contributed by atoms with van der Waals surface area (Å²) in [5.74, 6) is 0. The lowest BCUT2D eigenvalue weighted by Crippen LogP contribution is -1.91. The van der Waals surface area contributed by atoms with Gasteiger partial charge in [-0.15, -0.1) is 0 Å². The van der Waals surface area contributed by atoms with Crippen LogP contribution in [-0.4, -0.2) is 6.72 Å². The Morgan fingerprint density at radius 3 is 2.45 bits per heavy atom. The van der Waals surface area contributed by atoms with Crippen molar-refractivity contribution in [1.29, 1.82) is 5.26 Å². The fourth-order valence-corrected chi connectivity index (χ4v) is 0.658. The molecule has 0 aromatic rings. The second-order valence-electron chi connectivity index (χ2n) is 2.19. The maximum Gasteiger partial charge on any atom is 0.142 e. The summed E-state index contributed by atoms with van der Waals surface area (Å²) in [5, 5.41) is 8.50. The standard InChI is InChI=1S/C8H11N3/c1-6(4-7(2)10)8(5-9)11-3/h4H,3,10H2,1-2H3. The molecule has 0 aliphatic heterocycles. The van der Waals surface area contributed by atoms with Gasteiger partial charge in [0.05, 0.1) is 0 Å². The number of allylic oxidation sites excluding steroid dienone is 4. The number of hydrogen-bond donors (Lipinski definition) is 1. The molecule has 0 spiro atoms. The van der Waals surface area contributed by atoms with Gasteiger partial charge in [-0.05, 0) is 32.2 Å². The minimum atomic E-state index is 0.315. The van der Waals surface area contributed by atoms with Crippen molar-refractivity contribution in [3.05, 3.63) is 23.0 Å². The lowest BCUT2D eigenvalue weighted by molar-refractivity contribution is 1.25. The van der Waals surface area contributed by atoms with Crippen molar-refractivity contribution in [2.45, 2.75) is 13.8 Å². The molecule has 0 aliphatic carbocycles. The molecular formula is C8H11N3. The van der Waals surface area contributed by atoms with Gasteiger partial charge >= 0.3 is 0 Å². The Bertz CT molecular complexity index is 249. The highest BCUT2D eigenvalue weighted by Gasteiger charge is 1.94. The summed E-state index contributed by atoms with van der Waals surface area (Å²) in [6, 6.07) is 1.91. The molecule has 2 N–H and O–H groups in total. The predicted molar refractivity (Wildman–Crippen MR) is 45.8 cm³/mol. The van der Waals surface area contributed by atoms with Crippen LogP contribution >= 0.6 is 0 Å². The molecule has 0 rings (SSSR count). The van der Waals surface area contributed by atoms with Gasteiger partial charge in [0.1, 0.15) is 11.8 Å². The minimum Gasteiger partial charge on any atom is -0.402 e. The van der Waals surface area contributed by atoms with E-state index in [9.17, 15) is 0 Å². The van der Waals surface area contributed by atoms with Gasteiger partial charge in [0, 0.05) is 5.70 Å². The highest BCUT2D eigenvalue weighted by atomic mass is 14.7. The zero-order valence-corrected chi connectivity index (χ0v) is 6.76. The summed E-state index contributed by atoms with van der Waals surface area (Å²) in [7, 11) is 0. The van der Waals surface area contributed by atoms with Crippen molar-refractivity contribution in [3.8, 4) is 6.07 Å². The summed E-state index contributed by atoms with van der Waals surface area (Å²) in [6.45, 7) is 6.78. The quantitative estimate of drug-likeness (QED) is 0.366. The molecule has 0 aromatic heterocycles. The van der Waals surface area contributed by atoms with Crippen LogP contribution in [0.3, 0.4) is 0 Å². The molecule has 0 fully saturated rings. The molecular weight excluding hydrogens is 138 g/mol. The maximum absolute atomic E-state index is 8.50. The van der Waals surface area contributed by atoms with Crippen LogP contribution in [0.5, 0.6) is 0 Å². The van der Waals surface area contributed by atoms with E-state index in [1.54, 1.807) is 19.9 Å². The second-order valence-corrected chi connectivity index (χ2v) is 2.19. The van der Waals surface area contributed by atoms with Crippen molar-refractivity contribution in [1.82, 2.24) is 0 Å². The van der Waals surface area contributed by atoms with E-state index in [0.717, 1.165) is 5.57 Å². The Hall–Kier alpha value is -1.56. The average molecular weight is 149 g/mol. The first kappa shape index (κ1) is 9.44. The summed E-state index contributed by atoms with van der Waals surface area (Å²) < 4.78 is 0. The zero-order valence-electron chi connectivity index (χ0n) is 6.76. The first-order valence-electron chi connectivity index (χ1n) is 3.13. The number of nitrogens with zero attached hydrogens (tertiary/aromatic N) is 2. The van der Waals surface area contributed by atoms with Crippen LogP contribution < -0.4 is 5.73 Å². The lowest BCUT2D eigenvalue weighted by Gasteiger charge is -1.94. The molecule has 58 valence electrons. The molecule has 0 aliphatic rings. The van der Waals surface area contributed by atoms with E-state index in [1.807, 2.05) is 6.07 Å². The summed E-state index contributed by atoms with van der Waals surface area (Å²) in [4.78, 5) is 3.53. The van der Waals surface area contributed by atoms with E-state index in [2.05, 4.69) is 11.7 Å². The summed E-state index contributed by atoms with van der Waals surface area (Å²) in [6.07, 6.45) is 1.69. The third-order valence-corrected chi connectivity index (χ3v) is 1.08. The van der Waals surface area contributed by atoms with Crippen molar-refractivity contribution < 1.29 is 0 Å². The Kier molecular flexibility index (Phi) is 3.68. The van der Waals surface area contributed by atoms with Crippen molar-refractivity contribution >= 4 is 6.72 Å². The fourth-order valence-electron chi connectivity index (χ4n) is 0.658. The normalized spacial score (nSPS) is 13.4. The minimum absolute atomic E-state index is 0.315. The molecule has 11 heavy (non-hydrogen) atoms. The van der Waals surface area contributed by atoms with Gasteiger partial charge in [-0.2, -0.15) is 5.26 Å². The number of hydrogen-bond acceptors (Lipinski definition) is 3. The predicted octanol–water partition coefficient (Wildman–Crippen LogP) is 1.35. The Labute approximate surface area is 66.5 Å². The Morgan fingerprint density at radius 1 is 1.64 bits per heavy atom. The molecule has 0 unspecified atom stereocenters. The van der Waals surface area contributed by atoms with Gasteiger partial charge in [0.2, 0.25) is 0 Å². The molecule has 3 heteroatoms. The molecule has 3 nitrogen and oxygen atoms in total. The fraction of sp³-hybridized carbons (Fsp3) is 0.250. The molecule has 0 saturated heterocycles. The Balaban J connectivity index is 4.81. The van der Waals surface area contributed by atoms with Crippen LogP contribution in [0.25, 0.3) is 0 Å². The van der Waals surface area contributed by atoms with Crippen molar-refractivity contribution in [2.75, 3.05) is 0 Å². The third-order valence-electron chi connectivity index (χ3n) is 1.08. The smallest absolute Gasteiger partial charge is 0.142 e.